The number of benzene rings is 1. The summed E-state index contributed by atoms with van der Waals surface area (Å²) in [5.74, 6) is 0.722. The van der Waals surface area contributed by atoms with E-state index in [-0.39, 0.29) is 35.2 Å². The van der Waals surface area contributed by atoms with E-state index in [1.54, 1.807) is 12.1 Å². The number of hydrogen-bond donors (Lipinski definition) is 2. The Labute approximate surface area is 150 Å². The molecule has 5 heteroatoms. The average molecular weight is 419 g/mol. The summed E-state index contributed by atoms with van der Waals surface area (Å²) in [7, 11) is 0. The van der Waals surface area contributed by atoms with Gasteiger partial charge < -0.3 is 10.6 Å². The average Bonchev–Trinajstić information content (AvgIpc) is 3.26. The molecule has 2 N–H and O–H groups in total. The Hall–Kier alpha value is -0.850. The van der Waals surface area contributed by atoms with Gasteiger partial charge in [-0.25, -0.2) is 4.39 Å². The van der Waals surface area contributed by atoms with Crippen LogP contribution in [0.2, 0.25) is 0 Å². The summed E-state index contributed by atoms with van der Waals surface area (Å²) >= 11 is 0. The van der Waals surface area contributed by atoms with Crippen molar-refractivity contribution in [1.82, 2.24) is 10.6 Å². The van der Waals surface area contributed by atoms with E-state index in [4.69, 9.17) is 0 Å². The fourth-order valence-corrected chi connectivity index (χ4v) is 2.44. The van der Waals surface area contributed by atoms with Crippen LogP contribution in [0, 0.1) is 5.82 Å². The molecule has 1 aliphatic carbocycles. The van der Waals surface area contributed by atoms with E-state index in [0.717, 1.165) is 37.3 Å². The van der Waals surface area contributed by atoms with Crippen LogP contribution in [-0.2, 0) is 5.41 Å². The molecule has 0 amide bonds. The van der Waals surface area contributed by atoms with Gasteiger partial charge in [-0.2, -0.15) is 0 Å². The van der Waals surface area contributed by atoms with Gasteiger partial charge in [0.05, 0.1) is 6.54 Å². The molecule has 0 heterocycles. The van der Waals surface area contributed by atoms with E-state index in [1.807, 2.05) is 12.1 Å². The Morgan fingerprint density at radius 1 is 1.32 bits per heavy atom. The summed E-state index contributed by atoms with van der Waals surface area (Å²) < 4.78 is 14.0. The third-order valence-electron chi connectivity index (χ3n) is 4.18. The zero-order valence-electron chi connectivity index (χ0n) is 13.7. The molecule has 1 atom stereocenters. The Morgan fingerprint density at radius 3 is 2.55 bits per heavy atom. The Bertz CT molecular complexity index is 500. The SMILES string of the molecule is CCNC(=NCC1(c2ccccc2F)CC1)NC(C)CC.I. The molecule has 0 aromatic heterocycles. The molecule has 2 rings (SSSR count). The van der Waals surface area contributed by atoms with E-state index in [1.165, 1.54) is 0 Å². The standard InChI is InChI=1S/C17H26FN3.HI/c1-4-13(3)21-16(19-5-2)20-12-17(10-11-17)14-8-6-7-9-15(14)18;/h6-9,13H,4-5,10-12H2,1-3H3,(H2,19,20,21);1H. The highest BCUT2D eigenvalue weighted by Crippen LogP contribution is 2.49. The van der Waals surface area contributed by atoms with Crippen molar-refractivity contribution in [1.29, 1.82) is 0 Å². The Morgan fingerprint density at radius 2 is 2.00 bits per heavy atom. The van der Waals surface area contributed by atoms with Crippen molar-refractivity contribution in [3.8, 4) is 0 Å². The minimum absolute atomic E-state index is 0. The van der Waals surface area contributed by atoms with Gasteiger partial charge in [-0.15, -0.1) is 24.0 Å². The summed E-state index contributed by atoms with van der Waals surface area (Å²) in [5.41, 5.74) is 0.719. The number of rotatable bonds is 6. The molecular weight excluding hydrogens is 392 g/mol. The largest absolute Gasteiger partial charge is 0.357 e. The lowest BCUT2D eigenvalue weighted by atomic mass is 9.95. The van der Waals surface area contributed by atoms with Crippen molar-refractivity contribution in [2.75, 3.05) is 13.1 Å². The molecule has 1 unspecified atom stereocenters. The first-order chi connectivity index (χ1) is 10.1. The van der Waals surface area contributed by atoms with Crippen LogP contribution in [0.25, 0.3) is 0 Å². The fraction of sp³-hybridized carbons (Fsp3) is 0.588. The van der Waals surface area contributed by atoms with Gasteiger partial charge in [-0.3, -0.25) is 4.99 Å². The lowest BCUT2D eigenvalue weighted by molar-refractivity contribution is 0.569. The monoisotopic (exact) mass is 419 g/mol. The van der Waals surface area contributed by atoms with Gasteiger partial charge in [0.2, 0.25) is 0 Å². The van der Waals surface area contributed by atoms with Crippen LogP contribution in [-0.4, -0.2) is 25.1 Å². The Balaban J connectivity index is 0.00000242. The highest BCUT2D eigenvalue weighted by molar-refractivity contribution is 14.0. The van der Waals surface area contributed by atoms with Crippen molar-refractivity contribution >= 4 is 29.9 Å². The predicted octanol–water partition coefficient (Wildman–Crippen LogP) is 3.83. The quantitative estimate of drug-likeness (QED) is 0.418. The number of halogens is 2. The lowest BCUT2D eigenvalue weighted by Gasteiger charge is -2.19. The van der Waals surface area contributed by atoms with E-state index in [0.29, 0.717) is 12.6 Å². The van der Waals surface area contributed by atoms with Crippen molar-refractivity contribution in [3.63, 3.8) is 0 Å². The minimum atomic E-state index is -0.106. The van der Waals surface area contributed by atoms with E-state index in [2.05, 4.69) is 36.4 Å². The first-order valence-corrected chi connectivity index (χ1v) is 7.91. The van der Waals surface area contributed by atoms with Gasteiger partial charge in [-0.1, -0.05) is 25.1 Å². The zero-order valence-corrected chi connectivity index (χ0v) is 16.0. The van der Waals surface area contributed by atoms with Gasteiger partial charge in [0.15, 0.2) is 5.96 Å². The van der Waals surface area contributed by atoms with E-state index < -0.39 is 0 Å². The minimum Gasteiger partial charge on any atom is -0.357 e. The van der Waals surface area contributed by atoms with Crippen molar-refractivity contribution in [2.24, 2.45) is 4.99 Å². The maximum Gasteiger partial charge on any atom is 0.191 e. The molecule has 0 aliphatic heterocycles. The molecular formula is C17H27FIN3. The van der Waals surface area contributed by atoms with Crippen LogP contribution in [0.3, 0.4) is 0 Å². The normalized spacial score (nSPS) is 17.4. The highest BCUT2D eigenvalue weighted by Gasteiger charge is 2.45. The number of aliphatic imine (C=N–C) groups is 1. The molecule has 1 aromatic carbocycles. The van der Waals surface area contributed by atoms with Crippen molar-refractivity contribution in [2.45, 2.75) is 51.5 Å². The van der Waals surface area contributed by atoms with Gasteiger partial charge >= 0.3 is 0 Å². The third-order valence-corrected chi connectivity index (χ3v) is 4.18. The van der Waals surface area contributed by atoms with Crippen LogP contribution in [0.4, 0.5) is 4.39 Å². The molecule has 1 saturated carbocycles. The first kappa shape index (κ1) is 19.2. The highest BCUT2D eigenvalue weighted by atomic mass is 127. The smallest absolute Gasteiger partial charge is 0.191 e. The lowest BCUT2D eigenvalue weighted by Crippen LogP contribution is -2.42. The fourth-order valence-electron chi connectivity index (χ4n) is 2.44. The summed E-state index contributed by atoms with van der Waals surface area (Å²) in [4.78, 5) is 4.68. The second-order valence-electron chi connectivity index (χ2n) is 5.91. The van der Waals surface area contributed by atoms with Crippen LogP contribution in [0.5, 0.6) is 0 Å². The van der Waals surface area contributed by atoms with E-state index >= 15 is 0 Å². The number of guanidine groups is 1. The molecule has 0 saturated heterocycles. The van der Waals surface area contributed by atoms with Gasteiger partial charge in [0, 0.05) is 18.0 Å². The molecule has 124 valence electrons. The molecule has 0 spiro atoms. The van der Waals surface area contributed by atoms with Crippen LogP contribution < -0.4 is 10.6 Å². The molecule has 0 radical (unpaired) electrons. The number of hydrogen-bond acceptors (Lipinski definition) is 1. The first-order valence-electron chi connectivity index (χ1n) is 7.91. The third kappa shape index (κ3) is 4.83. The molecule has 3 nitrogen and oxygen atoms in total. The van der Waals surface area contributed by atoms with Crippen LogP contribution >= 0.6 is 24.0 Å². The molecule has 1 fully saturated rings. The van der Waals surface area contributed by atoms with Crippen LogP contribution in [0.1, 0.15) is 45.6 Å². The second kappa shape index (κ2) is 8.70. The number of nitrogens with one attached hydrogen (secondary N) is 2. The topological polar surface area (TPSA) is 36.4 Å². The summed E-state index contributed by atoms with van der Waals surface area (Å²) in [6.07, 6.45) is 3.07. The predicted molar refractivity (Wildman–Crippen MR) is 102 cm³/mol. The summed E-state index contributed by atoms with van der Waals surface area (Å²) in [6, 6.07) is 7.47. The van der Waals surface area contributed by atoms with E-state index in [9.17, 15) is 4.39 Å². The van der Waals surface area contributed by atoms with Crippen molar-refractivity contribution in [3.05, 3.63) is 35.6 Å². The molecule has 22 heavy (non-hydrogen) atoms. The van der Waals surface area contributed by atoms with Gasteiger partial charge in [0.1, 0.15) is 5.82 Å². The Kier molecular flexibility index (Phi) is 7.59. The van der Waals surface area contributed by atoms with Crippen molar-refractivity contribution < 1.29 is 4.39 Å². The van der Waals surface area contributed by atoms with Gasteiger partial charge in [0.25, 0.3) is 0 Å². The summed E-state index contributed by atoms with van der Waals surface area (Å²) in [5, 5.41) is 6.64. The second-order valence-corrected chi connectivity index (χ2v) is 5.91. The summed E-state index contributed by atoms with van der Waals surface area (Å²) in [6.45, 7) is 7.80. The zero-order chi connectivity index (χ0) is 15.3. The molecule has 1 aliphatic rings. The van der Waals surface area contributed by atoms with Crippen LogP contribution in [0.15, 0.2) is 29.3 Å². The van der Waals surface area contributed by atoms with Gasteiger partial charge in [-0.05, 0) is 44.7 Å². The number of nitrogens with zero attached hydrogens (tertiary/aromatic N) is 1. The molecule has 0 bridgehead atoms. The maximum atomic E-state index is 14.0. The maximum absolute atomic E-state index is 14.0. The molecule has 1 aromatic rings.